The molecule has 27 heavy (non-hydrogen) atoms. The molecule has 0 aromatic rings. The molecule has 2 rings (SSSR count). The van der Waals surface area contributed by atoms with Crippen LogP contribution in [-0.4, -0.2) is 49.4 Å². The summed E-state index contributed by atoms with van der Waals surface area (Å²) in [6, 6.07) is 0. The third-order valence-electron chi connectivity index (χ3n) is 4.73. The number of hydrogen-bond acceptors (Lipinski definition) is 7. The Kier molecular flexibility index (Phi) is 6.59. The average molecular weight is 378 g/mol. The Bertz CT molecular complexity index is 676. The van der Waals surface area contributed by atoms with Crippen LogP contribution in [0, 0.1) is 11.8 Å². The van der Waals surface area contributed by atoms with E-state index in [2.05, 4.69) is 19.7 Å². The Labute approximate surface area is 159 Å². The Morgan fingerprint density at radius 1 is 0.852 bits per heavy atom. The van der Waals surface area contributed by atoms with Gasteiger partial charge in [0.25, 0.3) is 0 Å². The molecule has 0 aliphatic carbocycles. The monoisotopic (exact) mass is 378 g/mol. The molecule has 2 bridgehead atoms. The van der Waals surface area contributed by atoms with Crippen LogP contribution in [0.2, 0.25) is 0 Å². The number of esters is 3. The lowest BCUT2D eigenvalue weighted by molar-refractivity contribution is -0.152. The lowest BCUT2D eigenvalue weighted by Gasteiger charge is -2.31. The Morgan fingerprint density at radius 3 is 1.81 bits per heavy atom. The second kappa shape index (κ2) is 8.52. The fourth-order valence-corrected chi connectivity index (χ4v) is 3.27. The fraction of sp³-hybridized carbons (Fsp3) is 0.550. The van der Waals surface area contributed by atoms with Crippen LogP contribution < -0.4 is 0 Å². The molecular weight excluding hydrogens is 352 g/mol. The lowest BCUT2D eigenvalue weighted by Crippen LogP contribution is -2.43. The van der Waals surface area contributed by atoms with Crippen molar-refractivity contribution in [1.29, 1.82) is 0 Å². The molecule has 2 saturated heterocycles. The van der Waals surface area contributed by atoms with Gasteiger partial charge in [0.05, 0.1) is 19.3 Å². The number of hydrogen-bond donors (Lipinski definition) is 0. The number of fused-ring (bicyclic) bond motifs is 2. The molecule has 0 saturated carbocycles. The van der Waals surface area contributed by atoms with Crippen molar-refractivity contribution in [3.63, 3.8) is 0 Å². The summed E-state index contributed by atoms with van der Waals surface area (Å²) in [5.41, 5.74) is 0.891. The van der Waals surface area contributed by atoms with Gasteiger partial charge in [-0.2, -0.15) is 0 Å². The van der Waals surface area contributed by atoms with Crippen molar-refractivity contribution in [3.05, 3.63) is 36.5 Å². The summed E-state index contributed by atoms with van der Waals surface area (Å²) in [6.45, 7) is 15.6. The Hall–Kier alpha value is -2.41. The molecule has 5 unspecified atom stereocenters. The van der Waals surface area contributed by atoms with E-state index in [1.165, 1.54) is 0 Å². The largest absolute Gasteiger partial charge is 0.462 e. The first kappa shape index (κ1) is 20.9. The molecule has 0 aromatic heterocycles. The van der Waals surface area contributed by atoms with Crippen LogP contribution in [0.25, 0.3) is 0 Å². The van der Waals surface area contributed by atoms with Gasteiger partial charge in [-0.25, -0.2) is 14.4 Å². The predicted octanol–water partition coefficient (Wildman–Crippen LogP) is 2.12. The predicted molar refractivity (Wildman–Crippen MR) is 96.5 cm³/mol. The highest BCUT2D eigenvalue weighted by molar-refractivity contribution is 5.87. The van der Waals surface area contributed by atoms with Crippen LogP contribution in [0.15, 0.2) is 36.5 Å². The van der Waals surface area contributed by atoms with Gasteiger partial charge in [-0.05, 0) is 20.8 Å². The van der Waals surface area contributed by atoms with E-state index in [4.69, 9.17) is 18.9 Å². The van der Waals surface area contributed by atoms with Crippen molar-refractivity contribution in [2.24, 2.45) is 11.8 Å². The second-order valence-electron chi connectivity index (χ2n) is 7.18. The minimum atomic E-state index is -0.508. The molecule has 148 valence electrons. The van der Waals surface area contributed by atoms with Gasteiger partial charge in [-0.1, -0.05) is 19.7 Å². The van der Waals surface area contributed by atoms with Crippen molar-refractivity contribution < 1.29 is 33.3 Å². The summed E-state index contributed by atoms with van der Waals surface area (Å²) in [5, 5.41) is 0. The first-order valence-corrected chi connectivity index (χ1v) is 8.79. The van der Waals surface area contributed by atoms with Gasteiger partial charge in [0.1, 0.15) is 12.2 Å². The molecule has 7 nitrogen and oxygen atoms in total. The summed E-state index contributed by atoms with van der Waals surface area (Å²) in [4.78, 5) is 35.3. The minimum Gasteiger partial charge on any atom is -0.462 e. The topological polar surface area (TPSA) is 88.1 Å². The highest BCUT2D eigenvalue weighted by Crippen LogP contribution is 2.45. The summed E-state index contributed by atoms with van der Waals surface area (Å²) < 4.78 is 22.0. The van der Waals surface area contributed by atoms with Gasteiger partial charge in [0.15, 0.2) is 0 Å². The van der Waals surface area contributed by atoms with E-state index >= 15 is 0 Å². The van der Waals surface area contributed by atoms with E-state index < -0.39 is 30.1 Å². The number of carbonyl (C=O) groups excluding carboxylic acids is 3. The summed E-state index contributed by atoms with van der Waals surface area (Å²) >= 11 is 0. The van der Waals surface area contributed by atoms with E-state index in [0.717, 1.165) is 0 Å². The lowest BCUT2D eigenvalue weighted by atomic mass is 9.78. The SMILES string of the molecule is C=C(C)C(=O)OCC1C2CC(OC(=O)C(=C)C)C(O2)C1COC(=O)C(=C)C. The molecule has 5 atom stereocenters. The van der Waals surface area contributed by atoms with Crippen molar-refractivity contribution in [2.75, 3.05) is 13.2 Å². The Morgan fingerprint density at radius 2 is 1.33 bits per heavy atom. The zero-order chi connectivity index (χ0) is 20.3. The van der Waals surface area contributed by atoms with Crippen LogP contribution in [0.1, 0.15) is 27.2 Å². The molecule has 0 amide bonds. The highest BCUT2D eigenvalue weighted by atomic mass is 16.6. The highest BCUT2D eigenvalue weighted by Gasteiger charge is 2.56. The molecule has 2 aliphatic rings. The molecule has 0 radical (unpaired) electrons. The maximum absolute atomic E-state index is 11.9. The van der Waals surface area contributed by atoms with E-state index in [9.17, 15) is 14.4 Å². The number of rotatable bonds is 8. The van der Waals surface area contributed by atoms with E-state index in [1.54, 1.807) is 20.8 Å². The van der Waals surface area contributed by atoms with Gasteiger partial charge in [-0.3, -0.25) is 0 Å². The third kappa shape index (κ3) is 4.86. The molecule has 2 heterocycles. The second-order valence-corrected chi connectivity index (χ2v) is 7.18. The normalized spacial score (nSPS) is 28.3. The summed E-state index contributed by atoms with van der Waals surface area (Å²) in [5.74, 6) is -1.92. The summed E-state index contributed by atoms with van der Waals surface area (Å²) in [6.07, 6.45) is -0.667. The van der Waals surface area contributed by atoms with Crippen LogP contribution in [0.4, 0.5) is 0 Å². The van der Waals surface area contributed by atoms with Crippen molar-refractivity contribution in [3.8, 4) is 0 Å². The molecule has 2 aliphatic heterocycles. The van der Waals surface area contributed by atoms with E-state index in [-0.39, 0.29) is 36.7 Å². The van der Waals surface area contributed by atoms with Gasteiger partial charge < -0.3 is 18.9 Å². The van der Waals surface area contributed by atoms with E-state index in [1.807, 2.05) is 0 Å². The first-order valence-electron chi connectivity index (χ1n) is 8.79. The standard InChI is InChI=1S/C20H26O7/c1-10(2)18(21)24-8-13-14(9-25-19(22)11(3)4)17-16(7-15(13)26-17)27-20(23)12(5)6/h13-17H,1,3,5,7-9H2,2,4,6H3. The van der Waals surface area contributed by atoms with Gasteiger partial charge in [0.2, 0.25) is 0 Å². The first-order chi connectivity index (χ1) is 12.6. The van der Waals surface area contributed by atoms with Crippen molar-refractivity contribution in [2.45, 2.75) is 45.5 Å². The maximum Gasteiger partial charge on any atom is 0.333 e. The number of carbonyl (C=O) groups is 3. The average Bonchev–Trinajstić information content (AvgIpc) is 3.14. The molecule has 7 heteroatoms. The van der Waals surface area contributed by atoms with Crippen molar-refractivity contribution >= 4 is 17.9 Å². The summed E-state index contributed by atoms with van der Waals surface area (Å²) in [7, 11) is 0. The number of ether oxygens (including phenoxy) is 4. The smallest absolute Gasteiger partial charge is 0.333 e. The Balaban J connectivity index is 2.07. The molecular formula is C20H26O7. The van der Waals surface area contributed by atoms with Crippen LogP contribution in [0.5, 0.6) is 0 Å². The van der Waals surface area contributed by atoms with Crippen molar-refractivity contribution in [1.82, 2.24) is 0 Å². The zero-order valence-electron chi connectivity index (χ0n) is 16.0. The maximum atomic E-state index is 11.9. The zero-order valence-corrected chi connectivity index (χ0v) is 16.0. The van der Waals surface area contributed by atoms with Crippen LogP contribution in [0.3, 0.4) is 0 Å². The molecule has 2 fully saturated rings. The van der Waals surface area contributed by atoms with Gasteiger partial charge >= 0.3 is 17.9 Å². The van der Waals surface area contributed by atoms with Crippen LogP contribution >= 0.6 is 0 Å². The van der Waals surface area contributed by atoms with E-state index in [0.29, 0.717) is 17.6 Å². The molecule has 0 aromatic carbocycles. The molecule has 0 N–H and O–H groups in total. The quantitative estimate of drug-likeness (QED) is 0.363. The van der Waals surface area contributed by atoms with Crippen LogP contribution in [-0.2, 0) is 33.3 Å². The van der Waals surface area contributed by atoms with Gasteiger partial charge in [-0.15, -0.1) is 0 Å². The molecule has 0 spiro atoms. The third-order valence-corrected chi connectivity index (χ3v) is 4.73. The fourth-order valence-electron chi connectivity index (χ4n) is 3.27. The minimum absolute atomic E-state index is 0.0588. The van der Waals surface area contributed by atoms with Gasteiger partial charge in [0, 0.05) is 35.0 Å².